The fraction of sp³-hybridized carbons (Fsp3) is 0.405. The zero-order chi connectivity index (χ0) is 37.3. The van der Waals surface area contributed by atoms with Gasteiger partial charge in [0.15, 0.2) is 5.82 Å². The smallest absolute Gasteiger partial charge is 0.326 e. The van der Waals surface area contributed by atoms with Gasteiger partial charge in [-0.2, -0.15) is 0 Å². The van der Waals surface area contributed by atoms with Crippen LogP contribution in [0, 0.1) is 0 Å². The number of carboxylic acids is 1. The highest BCUT2D eigenvalue weighted by atomic mass is 16.5. The van der Waals surface area contributed by atoms with Crippen LogP contribution in [0.2, 0.25) is 0 Å². The van der Waals surface area contributed by atoms with Crippen LogP contribution in [-0.2, 0) is 21.4 Å². The first-order valence-corrected chi connectivity index (χ1v) is 18.2. The Labute approximate surface area is 306 Å². The average Bonchev–Trinajstić information content (AvgIpc) is 3.55. The summed E-state index contributed by atoms with van der Waals surface area (Å²) in [4.78, 5) is 49.5. The molecule has 1 aromatic heterocycles. The number of carboxylic acid groups (broad SMARTS) is 1. The van der Waals surface area contributed by atoms with Crippen LogP contribution in [0.3, 0.4) is 0 Å². The van der Waals surface area contributed by atoms with Crippen molar-refractivity contribution in [2.24, 2.45) is 0 Å². The monoisotopic (exact) mass is 706 g/mol. The lowest BCUT2D eigenvalue weighted by Crippen LogP contribution is -2.52. The molecule has 1 fully saturated rings. The molecule has 3 atom stereocenters. The number of carbonyl (C=O) groups is 3. The largest absolute Gasteiger partial charge is 0.494 e. The van der Waals surface area contributed by atoms with Crippen molar-refractivity contribution in [1.29, 1.82) is 0 Å². The highest BCUT2D eigenvalue weighted by molar-refractivity contribution is 5.98. The van der Waals surface area contributed by atoms with E-state index in [1.807, 2.05) is 60.7 Å². The quantitative estimate of drug-likeness (QED) is 0.114. The van der Waals surface area contributed by atoms with E-state index < -0.39 is 36.0 Å². The summed E-state index contributed by atoms with van der Waals surface area (Å²) < 4.78 is 5.89. The van der Waals surface area contributed by atoms with Gasteiger partial charge in [0, 0.05) is 48.5 Å². The number of carbonyl (C=O) groups excluding carboxylic acids is 2. The molecule has 52 heavy (non-hydrogen) atoms. The molecule has 3 N–H and O–H groups in total. The van der Waals surface area contributed by atoms with E-state index in [1.54, 1.807) is 24.5 Å². The molecular formula is C42H50N4O6. The Balaban J connectivity index is 1.26. The van der Waals surface area contributed by atoms with Crippen LogP contribution < -0.4 is 10.1 Å². The minimum absolute atomic E-state index is 0.0670. The summed E-state index contributed by atoms with van der Waals surface area (Å²) in [5, 5.41) is 22.8. The van der Waals surface area contributed by atoms with Gasteiger partial charge < -0.3 is 25.2 Å². The van der Waals surface area contributed by atoms with Gasteiger partial charge in [0.25, 0.3) is 5.91 Å². The van der Waals surface area contributed by atoms with Crippen molar-refractivity contribution in [2.45, 2.75) is 96.2 Å². The first-order valence-electron chi connectivity index (χ1n) is 18.2. The number of benzene rings is 3. The number of hydrogen-bond acceptors (Lipinski definition) is 7. The number of hydrogen-bond donors (Lipinski definition) is 3. The van der Waals surface area contributed by atoms with Gasteiger partial charge in [-0.1, -0.05) is 102 Å². The van der Waals surface area contributed by atoms with E-state index in [4.69, 9.17) is 4.74 Å². The molecule has 0 radical (unpaired) electrons. The van der Waals surface area contributed by atoms with Crippen molar-refractivity contribution in [2.75, 3.05) is 13.2 Å². The maximum absolute atomic E-state index is 13.8. The van der Waals surface area contributed by atoms with Gasteiger partial charge >= 0.3 is 5.97 Å². The summed E-state index contributed by atoms with van der Waals surface area (Å²) in [5.41, 5.74) is 4.74. The molecule has 274 valence electrons. The normalized spacial score (nSPS) is 16.4. The molecule has 10 nitrogen and oxygen atoms in total. The fourth-order valence-electron chi connectivity index (χ4n) is 6.35. The molecule has 5 rings (SSSR count). The Morgan fingerprint density at radius 1 is 0.865 bits per heavy atom. The molecule has 0 bridgehead atoms. The second kappa shape index (κ2) is 17.4. The van der Waals surface area contributed by atoms with Gasteiger partial charge in [0.05, 0.1) is 12.7 Å². The van der Waals surface area contributed by atoms with E-state index in [1.165, 1.54) is 25.7 Å². The Morgan fingerprint density at radius 2 is 1.50 bits per heavy atom. The minimum Gasteiger partial charge on any atom is -0.494 e. The molecule has 2 heterocycles. The number of nitrogens with zero attached hydrogens (tertiary/aromatic N) is 3. The lowest BCUT2D eigenvalue weighted by Gasteiger charge is -2.27. The number of aliphatic hydroxyl groups is 1. The van der Waals surface area contributed by atoms with E-state index in [0.29, 0.717) is 18.0 Å². The molecule has 2 amide bonds. The molecule has 1 aliphatic heterocycles. The number of likely N-dealkylation sites (tertiary alicyclic amines) is 1. The molecule has 0 spiro atoms. The lowest BCUT2D eigenvalue weighted by atomic mass is 9.86. The first-order chi connectivity index (χ1) is 24.9. The second-order valence-corrected chi connectivity index (χ2v) is 14.6. The molecule has 0 aliphatic carbocycles. The summed E-state index contributed by atoms with van der Waals surface area (Å²) in [6, 6.07) is 20.3. The Bertz CT molecular complexity index is 1790. The van der Waals surface area contributed by atoms with Crippen LogP contribution in [0.1, 0.15) is 87.7 Å². The Morgan fingerprint density at radius 3 is 2.12 bits per heavy atom. The Kier molecular flexibility index (Phi) is 12.8. The number of aliphatic hydroxyl groups excluding tert-OH is 1. The zero-order valence-corrected chi connectivity index (χ0v) is 30.5. The van der Waals surface area contributed by atoms with Gasteiger partial charge in [-0.05, 0) is 52.8 Å². The number of ether oxygens (including phenoxy) is 1. The van der Waals surface area contributed by atoms with Crippen LogP contribution in [0.25, 0.3) is 22.5 Å². The molecule has 3 aromatic carbocycles. The maximum Gasteiger partial charge on any atom is 0.326 e. The van der Waals surface area contributed by atoms with Crippen LogP contribution >= 0.6 is 0 Å². The van der Waals surface area contributed by atoms with Crippen LogP contribution in [-0.4, -0.2) is 74.2 Å². The second-order valence-electron chi connectivity index (χ2n) is 14.6. The SMILES string of the molecule is CCCCCCCOc1ccc(-c2cnc(-c3ccc(C[C@H](NC(=O)c4ccc(C(C)(C)C)cc4)C(=O)N4C[C@@H](O)C[C@@H]4C(=O)O)cc3)nc2)cc1. The standard InChI is InChI=1S/C42H50N4O6/c1-5-6-7-8-9-22-52-35-20-16-29(17-21-35)32-25-43-38(44-26-32)30-12-10-28(11-13-30)23-36(40(49)46-27-34(47)24-37(46)41(50)51)45-39(48)31-14-18-33(19-15-31)42(2,3)4/h10-21,25-26,34,36-37,47H,5-9,22-24,27H2,1-4H3,(H,45,48)(H,50,51)/t34-,36-,37+/m0/s1. The average molecular weight is 707 g/mol. The first kappa shape index (κ1) is 38.1. The van der Waals surface area contributed by atoms with Gasteiger partial charge in [-0.25, -0.2) is 14.8 Å². The van der Waals surface area contributed by atoms with E-state index in [0.717, 1.165) is 44.9 Å². The van der Waals surface area contributed by atoms with Crippen LogP contribution in [0.5, 0.6) is 5.75 Å². The third kappa shape index (κ3) is 10.0. The van der Waals surface area contributed by atoms with E-state index in [9.17, 15) is 24.6 Å². The summed E-state index contributed by atoms with van der Waals surface area (Å²) >= 11 is 0. The van der Waals surface area contributed by atoms with Crippen molar-refractivity contribution in [1.82, 2.24) is 20.2 Å². The van der Waals surface area contributed by atoms with Crippen LogP contribution in [0.4, 0.5) is 0 Å². The number of aliphatic carboxylic acids is 1. The van der Waals surface area contributed by atoms with E-state index >= 15 is 0 Å². The van der Waals surface area contributed by atoms with E-state index in [2.05, 4.69) is 43.0 Å². The number of rotatable bonds is 15. The van der Waals surface area contributed by atoms with Crippen molar-refractivity contribution in [3.63, 3.8) is 0 Å². The summed E-state index contributed by atoms with van der Waals surface area (Å²) in [5.74, 6) is -0.829. The lowest BCUT2D eigenvalue weighted by molar-refractivity contribution is -0.148. The topological polar surface area (TPSA) is 142 Å². The number of β-amino-alcohol motifs (C(OH)–C–C–N with tert-alkyl or cyclic N) is 1. The number of amides is 2. The molecule has 0 saturated carbocycles. The van der Waals surface area contributed by atoms with Gasteiger partial charge in [0.1, 0.15) is 17.8 Å². The number of nitrogens with one attached hydrogen (secondary N) is 1. The fourth-order valence-corrected chi connectivity index (χ4v) is 6.35. The van der Waals surface area contributed by atoms with Crippen molar-refractivity contribution >= 4 is 17.8 Å². The highest BCUT2D eigenvalue weighted by Crippen LogP contribution is 2.26. The van der Waals surface area contributed by atoms with Crippen molar-refractivity contribution in [3.05, 3.63) is 102 Å². The Hall–Kier alpha value is -5.09. The predicted molar refractivity (Wildman–Crippen MR) is 201 cm³/mol. The third-order valence-corrected chi connectivity index (χ3v) is 9.47. The molecule has 1 aliphatic rings. The van der Waals surface area contributed by atoms with Crippen molar-refractivity contribution < 1.29 is 29.3 Å². The molecule has 10 heteroatoms. The van der Waals surface area contributed by atoms with Crippen molar-refractivity contribution in [3.8, 4) is 28.3 Å². The van der Waals surface area contributed by atoms with Gasteiger partial charge in [-0.3, -0.25) is 9.59 Å². The number of aromatic nitrogens is 2. The van der Waals surface area contributed by atoms with Gasteiger partial charge in [0.2, 0.25) is 5.91 Å². The molecule has 1 saturated heterocycles. The predicted octanol–water partition coefficient (Wildman–Crippen LogP) is 6.84. The van der Waals surface area contributed by atoms with Crippen LogP contribution in [0.15, 0.2) is 85.2 Å². The molecular weight excluding hydrogens is 656 g/mol. The zero-order valence-electron chi connectivity index (χ0n) is 30.5. The van der Waals surface area contributed by atoms with E-state index in [-0.39, 0.29) is 24.8 Å². The summed E-state index contributed by atoms with van der Waals surface area (Å²) in [6.45, 7) is 9.05. The van der Waals surface area contributed by atoms with Gasteiger partial charge in [-0.15, -0.1) is 0 Å². The summed E-state index contributed by atoms with van der Waals surface area (Å²) in [6.07, 6.45) is 8.62. The highest BCUT2D eigenvalue weighted by Gasteiger charge is 2.41. The minimum atomic E-state index is -1.20. The maximum atomic E-state index is 13.8. The number of unbranched alkanes of at least 4 members (excludes halogenated alkanes) is 4. The molecule has 4 aromatic rings. The summed E-state index contributed by atoms with van der Waals surface area (Å²) in [7, 11) is 0. The third-order valence-electron chi connectivity index (χ3n) is 9.47. The molecule has 0 unspecified atom stereocenters.